The topological polar surface area (TPSA) is 91.1 Å². The van der Waals surface area contributed by atoms with Crippen LogP contribution in [0.1, 0.15) is 12.8 Å². The molecule has 0 aromatic heterocycles. The first-order valence-electron chi connectivity index (χ1n) is 7.98. The molecule has 0 spiro atoms. The summed E-state index contributed by atoms with van der Waals surface area (Å²) in [4.78, 5) is 0.0434. The predicted octanol–water partition coefficient (Wildman–Crippen LogP) is 1.07. The summed E-state index contributed by atoms with van der Waals surface area (Å²) in [7, 11) is 0.628. The van der Waals surface area contributed by atoms with Crippen molar-refractivity contribution in [2.24, 2.45) is 17.6 Å². The molecule has 1 aromatic carbocycles. The van der Waals surface area contributed by atoms with E-state index in [4.69, 9.17) is 19.9 Å². The number of nitrogens with two attached hydrogens (primary N) is 1. The first-order chi connectivity index (χ1) is 11.4. The van der Waals surface area contributed by atoms with Crippen LogP contribution in [0.15, 0.2) is 17.0 Å². The van der Waals surface area contributed by atoms with Crippen LogP contribution in [0.25, 0.3) is 0 Å². The molecule has 24 heavy (non-hydrogen) atoms. The van der Waals surface area contributed by atoms with Crippen molar-refractivity contribution in [1.29, 1.82) is 0 Å². The molecule has 2 fully saturated rings. The molecule has 1 aliphatic heterocycles. The molecule has 0 bridgehead atoms. The molecule has 2 aliphatic rings. The molecule has 3 rings (SSSR count). The molecule has 1 aliphatic carbocycles. The number of nitrogens with zero attached hydrogens (tertiary/aromatic N) is 1. The van der Waals surface area contributed by atoms with E-state index in [0.717, 1.165) is 12.8 Å². The number of ether oxygens (including phenoxy) is 3. The lowest BCUT2D eigenvalue weighted by Crippen LogP contribution is -2.33. The van der Waals surface area contributed by atoms with Gasteiger partial charge in [0.15, 0.2) is 4.90 Å². The standard InChI is InChI=1S/C16H24N2O5S/c1-21-11-6-14(22-2)16(15(7-11)23-3)24(19,20)18-8-10-4-5-13(17)12(10)9-18/h6-7,10,12-13H,4-5,8-9,17H2,1-3H3. The third-order valence-electron chi connectivity index (χ3n) is 5.15. The van der Waals surface area contributed by atoms with Gasteiger partial charge in [0.2, 0.25) is 0 Å². The van der Waals surface area contributed by atoms with Gasteiger partial charge in [-0.1, -0.05) is 0 Å². The monoisotopic (exact) mass is 356 g/mol. The normalized spacial score (nSPS) is 27.1. The zero-order valence-electron chi connectivity index (χ0n) is 14.2. The lowest BCUT2D eigenvalue weighted by atomic mass is 9.98. The summed E-state index contributed by atoms with van der Waals surface area (Å²) in [6, 6.07) is 3.19. The third kappa shape index (κ3) is 2.72. The smallest absolute Gasteiger partial charge is 0.250 e. The van der Waals surface area contributed by atoms with Gasteiger partial charge in [-0.2, -0.15) is 4.31 Å². The predicted molar refractivity (Wildman–Crippen MR) is 89.0 cm³/mol. The summed E-state index contributed by atoms with van der Waals surface area (Å²) in [5.74, 6) is 1.48. The van der Waals surface area contributed by atoms with Crippen LogP contribution >= 0.6 is 0 Å². The number of hydrogen-bond acceptors (Lipinski definition) is 6. The van der Waals surface area contributed by atoms with E-state index in [1.165, 1.54) is 25.6 Å². The highest BCUT2D eigenvalue weighted by Crippen LogP contribution is 2.43. The second-order valence-corrected chi connectivity index (χ2v) is 8.22. The maximum absolute atomic E-state index is 13.2. The average Bonchev–Trinajstić information content (AvgIpc) is 3.16. The van der Waals surface area contributed by atoms with E-state index in [-0.39, 0.29) is 28.4 Å². The molecule has 0 radical (unpaired) electrons. The Labute approximate surface area is 142 Å². The Morgan fingerprint density at radius 3 is 2.17 bits per heavy atom. The first-order valence-corrected chi connectivity index (χ1v) is 9.42. The number of rotatable bonds is 5. The maximum atomic E-state index is 13.2. The second kappa shape index (κ2) is 6.42. The minimum absolute atomic E-state index is 0.0434. The van der Waals surface area contributed by atoms with E-state index >= 15 is 0 Å². The highest BCUT2D eigenvalue weighted by atomic mass is 32.2. The number of sulfonamides is 1. The molecule has 134 valence electrons. The Kier molecular flexibility index (Phi) is 4.63. The van der Waals surface area contributed by atoms with E-state index in [1.807, 2.05) is 0 Å². The third-order valence-corrected chi connectivity index (χ3v) is 7.04. The summed E-state index contributed by atoms with van der Waals surface area (Å²) in [6.45, 7) is 0.950. The molecule has 7 nitrogen and oxygen atoms in total. The highest BCUT2D eigenvalue weighted by molar-refractivity contribution is 7.89. The zero-order valence-corrected chi connectivity index (χ0v) is 15.0. The highest BCUT2D eigenvalue weighted by Gasteiger charge is 2.46. The number of methoxy groups -OCH3 is 3. The molecule has 1 saturated carbocycles. The SMILES string of the molecule is COc1cc(OC)c(S(=O)(=O)N2CC3CCC(N)C3C2)c(OC)c1. The van der Waals surface area contributed by atoms with Gasteiger partial charge in [0.05, 0.1) is 21.3 Å². The van der Waals surface area contributed by atoms with Gasteiger partial charge in [-0.3, -0.25) is 0 Å². The summed E-state index contributed by atoms with van der Waals surface area (Å²) in [5.41, 5.74) is 6.13. The second-order valence-electron chi connectivity index (χ2n) is 6.35. The number of hydrogen-bond donors (Lipinski definition) is 1. The number of fused-ring (bicyclic) bond motifs is 1. The molecule has 1 saturated heterocycles. The van der Waals surface area contributed by atoms with Crippen molar-refractivity contribution in [2.45, 2.75) is 23.8 Å². The molecule has 8 heteroatoms. The summed E-state index contributed by atoms with van der Waals surface area (Å²) >= 11 is 0. The maximum Gasteiger partial charge on any atom is 0.250 e. The van der Waals surface area contributed by atoms with Crippen LogP contribution in [0.2, 0.25) is 0 Å². The van der Waals surface area contributed by atoms with Crippen molar-refractivity contribution in [3.8, 4) is 17.2 Å². The minimum Gasteiger partial charge on any atom is -0.496 e. The van der Waals surface area contributed by atoms with Crippen LogP contribution in [0, 0.1) is 11.8 Å². The molecule has 2 N–H and O–H groups in total. The van der Waals surface area contributed by atoms with E-state index in [2.05, 4.69) is 0 Å². The lowest BCUT2D eigenvalue weighted by molar-refractivity contribution is 0.354. The summed E-state index contributed by atoms with van der Waals surface area (Å²) in [5, 5.41) is 0. The molecule has 1 heterocycles. The van der Waals surface area contributed by atoms with Crippen LogP contribution in [0.5, 0.6) is 17.2 Å². The summed E-state index contributed by atoms with van der Waals surface area (Å²) in [6.07, 6.45) is 1.95. The largest absolute Gasteiger partial charge is 0.496 e. The Bertz CT molecular complexity index is 696. The Hall–Kier alpha value is -1.51. The van der Waals surface area contributed by atoms with Gasteiger partial charge in [-0.05, 0) is 24.7 Å². The van der Waals surface area contributed by atoms with Crippen molar-refractivity contribution in [3.63, 3.8) is 0 Å². The fourth-order valence-corrected chi connectivity index (χ4v) is 5.63. The van der Waals surface area contributed by atoms with Crippen LogP contribution in [-0.2, 0) is 10.0 Å². The van der Waals surface area contributed by atoms with Crippen LogP contribution in [-0.4, -0.2) is 53.2 Å². The van der Waals surface area contributed by atoms with Crippen molar-refractivity contribution >= 4 is 10.0 Å². The zero-order chi connectivity index (χ0) is 17.5. The lowest BCUT2D eigenvalue weighted by Gasteiger charge is -2.22. The molecule has 3 atom stereocenters. The van der Waals surface area contributed by atoms with E-state index < -0.39 is 10.0 Å². The fourth-order valence-electron chi connectivity index (χ4n) is 3.82. The molecular weight excluding hydrogens is 332 g/mol. The van der Waals surface area contributed by atoms with Gasteiger partial charge in [0.1, 0.15) is 17.2 Å². The Morgan fingerprint density at radius 2 is 1.67 bits per heavy atom. The van der Waals surface area contributed by atoms with Crippen molar-refractivity contribution in [1.82, 2.24) is 4.31 Å². The summed E-state index contributed by atoms with van der Waals surface area (Å²) < 4.78 is 43.7. The minimum atomic E-state index is -3.74. The van der Waals surface area contributed by atoms with Crippen LogP contribution < -0.4 is 19.9 Å². The van der Waals surface area contributed by atoms with Crippen molar-refractivity contribution in [2.75, 3.05) is 34.4 Å². The van der Waals surface area contributed by atoms with Crippen LogP contribution in [0.3, 0.4) is 0 Å². The van der Waals surface area contributed by atoms with Crippen molar-refractivity contribution < 1.29 is 22.6 Å². The average molecular weight is 356 g/mol. The van der Waals surface area contributed by atoms with Gasteiger partial charge < -0.3 is 19.9 Å². The van der Waals surface area contributed by atoms with E-state index in [9.17, 15) is 8.42 Å². The van der Waals surface area contributed by atoms with Gasteiger partial charge >= 0.3 is 0 Å². The molecular formula is C16H24N2O5S. The van der Waals surface area contributed by atoms with Gasteiger partial charge in [-0.25, -0.2) is 8.42 Å². The molecule has 1 aromatic rings. The quantitative estimate of drug-likeness (QED) is 0.849. The Balaban J connectivity index is 2.01. The number of benzene rings is 1. The Morgan fingerprint density at radius 1 is 1.04 bits per heavy atom. The van der Waals surface area contributed by atoms with Gasteiger partial charge in [0.25, 0.3) is 10.0 Å². The van der Waals surface area contributed by atoms with Crippen molar-refractivity contribution in [3.05, 3.63) is 12.1 Å². The first kappa shape index (κ1) is 17.3. The van der Waals surface area contributed by atoms with E-state index in [0.29, 0.717) is 24.8 Å². The molecule has 3 unspecified atom stereocenters. The van der Waals surface area contributed by atoms with Crippen LogP contribution in [0.4, 0.5) is 0 Å². The van der Waals surface area contributed by atoms with Gasteiger partial charge in [-0.15, -0.1) is 0 Å². The fraction of sp³-hybridized carbons (Fsp3) is 0.625. The molecule has 0 amide bonds. The van der Waals surface area contributed by atoms with Gasteiger partial charge in [0, 0.05) is 31.3 Å². The van der Waals surface area contributed by atoms with E-state index in [1.54, 1.807) is 12.1 Å².